The van der Waals surface area contributed by atoms with Crippen molar-refractivity contribution in [3.8, 4) is 0 Å². The summed E-state index contributed by atoms with van der Waals surface area (Å²) in [5.41, 5.74) is 8.56. The smallest absolute Gasteiger partial charge is 0.0730 e. The van der Waals surface area contributed by atoms with Crippen molar-refractivity contribution in [2.24, 2.45) is 0 Å². The molecule has 2 heteroatoms. The third kappa shape index (κ3) is 4.05. The molecule has 0 saturated heterocycles. The first kappa shape index (κ1) is 25.7. The topological polar surface area (TPSA) is 0 Å². The van der Waals surface area contributed by atoms with E-state index >= 15 is 0 Å². The van der Waals surface area contributed by atoms with Crippen LogP contribution in [-0.2, 0) is 0 Å². The van der Waals surface area contributed by atoms with Gasteiger partial charge in [0.1, 0.15) is 0 Å². The van der Waals surface area contributed by atoms with Crippen LogP contribution in [0.2, 0.25) is 24.7 Å². The predicted molar refractivity (Wildman–Crippen MR) is 162 cm³/mol. The van der Waals surface area contributed by atoms with E-state index in [1.807, 2.05) is 0 Å². The third-order valence-electron chi connectivity index (χ3n) is 8.60. The molecule has 2 atom stereocenters. The Labute approximate surface area is 215 Å². The van der Waals surface area contributed by atoms with Crippen molar-refractivity contribution in [2.75, 3.05) is 0 Å². The first-order chi connectivity index (χ1) is 16.3. The van der Waals surface area contributed by atoms with Gasteiger partial charge in [-0.25, -0.2) is 0 Å². The van der Waals surface area contributed by atoms with E-state index in [1.165, 1.54) is 38.6 Å². The molecule has 3 aromatic carbocycles. The van der Waals surface area contributed by atoms with E-state index < -0.39 is 16.1 Å². The summed E-state index contributed by atoms with van der Waals surface area (Å²) in [6.45, 7) is 23.9. The molecule has 1 aliphatic carbocycles. The summed E-state index contributed by atoms with van der Waals surface area (Å²) >= 11 is 0. The van der Waals surface area contributed by atoms with Crippen molar-refractivity contribution in [2.45, 2.75) is 73.1 Å². The van der Waals surface area contributed by atoms with E-state index in [1.54, 1.807) is 15.6 Å². The zero-order valence-corrected chi connectivity index (χ0v) is 25.4. The highest BCUT2D eigenvalue weighted by Crippen LogP contribution is 2.53. The van der Waals surface area contributed by atoms with Crippen LogP contribution in [0.4, 0.5) is 0 Å². The first-order valence-electron chi connectivity index (χ1n) is 13.0. The molecule has 0 bridgehead atoms. The van der Waals surface area contributed by atoms with Crippen LogP contribution >= 0.6 is 0 Å². The Morgan fingerprint density at radius 3 is 1.83 bits per heavy atom. The second-order valence-corrected chi connectivity index (χ2v) is 21.4. The van der Waals surface area contributed by atoms with E-state index in [-0.39, 0.29) is 5.04 Å². The van der Waals surface area contributed by atoms with Crippen LogP contribution in [0.3, 0.4) is 0 Å². The second kappa shape index (κ2) is 8.90. The number of hydrogen-bond acceptors (Lipinski definition) is 0. The molecule has 3 aromatic rings. The molecule has 182 valence electrons. The molecular weight excluding hydrogens is 453 g/mol. The van der Waals surface area contributed by atoms with Gasteiger partial charge in [-0.1, -0.05) is 132 Å². The summed E-state index contributed by atoms with van der Waals surface area (Å²) in [6.07, 6.45) is 2.62. The Balaban J connectivity index is 2.29. The second-order valence-electron chi connectivity index (χ2n) is 12.1. The number of hydrogen-bond donors (Lipinski definition) is 0. The molecule has 35 heavy (non-hydrogen) atoms. The molecular formula is C33H42Si2. The summed E-state index contributed by atoms with van der Waals surface area (Å²) in [5, 5.41) is 6.10. The molecule has 0 N–H and O–H groups in total. The maximum absolute atomic E-state index is 2.62. The average molecular weight is 495 g/mol. The van der Waals surface area contributed by atoms with Crippen molar-refractivity contribution in [1.82, 2.24) is 0 Å². The van der Waals surface area contributed by atoms with Gasteiger partial charge in [0.25, 0.3) is 0 Å². The number of rotatable bonds is 5. The molecule has 4 rings (SSSR count). The van der Waals surface area contributed by atoms with Crippen molar-refractivity contribution < 1.29 is 0 Å². The van der Waals surface area contributed by atoms with Crippen molar-refractivity contribution in [3.05, 3.63) is 106 Å². The summed E-state index contributed by atoms with van der Waals surface area (Å²) in [4.78, 5) is 0. The van der Waals surface area contributed by atoms with E-state index in [0.717, 1.165) is 0 Å². The Bertz CT molecular complexity index is 1340. The minimum atomic E-state index is -2.59. The molecule has 0 heterocycles. The van der Waals surface area contributed by atoms with Crippen molar-refractivity contribution in [1.29, 1.82) is 0 Å². The number of allylic oxidation sites excluding steroid dienone is 4. The maximum Gasteiger partial charge on any atom is 0.162 e. The van der Waals surface area contributed by atoms with Gasteiger partial charge in [0.15, 0.2) is 8.07 Å². The number of aryl methyl sites for hydroxylation is 3. The van der Waals surface area contributed by atoms with Gasteiger partial charge in [-0.15, -0.1) is 0 Å². The highest BCUT2D eigenvalue weighted by atomic mass is 28.3. The van der Waals surface area contributed by atoms with Gasteiger partial charge in [-0.2, -0.15) is 0 Å². The van der Waals surface area contributed by atoms with Crippen molar-refractivity contribution in [3.63, 3.8) is 0 Å². The Kier molecular flexibility index (Phi) is 6.53. The van der Waals surface area contributed by atoms with Crippen molar-refractivity contribution >= 4 is 36.9 Å². The van der Waals surface area contributed by atoms with E-state index in [2.05, 4.69) is 141 Å². The number of benzene rings is 3. The fourth-order valence-electron chi connectivity index (χ4n) is 6.34. The van der Waals surface area contributed by atoms with Gasteiger partial charge in [0.2, 0.25) is 0 Å². The SMILES string of the molecule is CC1=CC(C)([Si](c2ccccc2)(c2cc(C)cc([Si](C)(C)C)c2)c2cc(C)ccc2C)C(C)=C1C. The first-order valence-corrected chi connectivity index (χ1v) is 18.5. The molecule has 0 fully saturated rings. The van der Waals surface area contributed by atoms with E-state index in [4.69, 9.17) is 0 Å². The Morgan fingerprint density at radius 1 is 0.629 bits per heavy atom. The van der Waals surface area contributed by atoms with Gasteiger partial charge in [-0.3, -0.25) is 0 Å². The fourth-order valence-corrected chi connectivity index (χ4v) is 14.3. The minimum absolute atomic E-state index is 0.0639. The predicted octanol–water partition coefficient (Wildman–Crippen LogP) is 6.68. The monoisotopic (exact) mass is 494 g/mol. The lowest BCUT2D eigenvalue weighted by atomic mass is 10.0. The van der Waals surface area contributed by atoms with E-state index in [0.29, 0.717) is 0 Å². The average Bonchev–Trinajstić information content (AvgIpc) is 2.99. The lowest BCUT2D eigenvalue weighted by Crippen LogP contribution is -2.74. The van der Waals surface area contributed by atoms with Gasteiger partial charge in [-0.05, 0) is 62.7 Å². The molecule has 0 spiro atoms. The molecule has 0 aromatic heterocycles. The molecule has 2 unspecified atom stereocenters. The van der Waals surface area contributed by atoms with Gasteiger partial charge < -0.3 is 0 Å². The van der Waals surface area contributed by atoms with Crippen LogP contribution in [0.5, 0.6) is 0 Å². The summed E-state index contributed by atoms with van der Waals surface area (Å²) in [7, 11) is -4.11. The molecule has 0 amide bonds. The highest BCUT2D eigenvalue weighted by molar-refractivity contribution is 7.14. The van der Waals surface area contributed by atoms with Crippen LogP contribution in [0.25, 0.3) is 0 Å². The fraction of sp³-hybridized carbons (Fsp3) is 0.333. The summed E-state index contributed by atoms with van der Waals surface area (Å²) in [5.74, 6) is 0. The van der Waals surface area contributed by atoms with Crippen LogP contribution in [0.15, 0.2) is 89.5 Å². The Hall–Kier alpha value is -2.43. The molecule has 0 nitrogen and oxygen atoms in total. The lowest BCUT2D eigenvalue weighted by Gasteiger charge is -2.48. The summed E-state index contributed by atoms with van der Waals surface area (Å²) in [6, 6.07) is 26.2. The van der Waals surface area contributed by atoms with Crippen LogP contribution in [-0.4, -0.2) is 16.1 Å². The normalized spacial score (nSPS) is 20.1. The molecule has 1 aliphatic rings. The summed E-state index contributed by atoms with van der Waals surface area (Å²) < 4.78 is 0. The molecule has 0 aliphatic heterocycles. The van der Waals surface area contributed by atoms with E-state index in [9.17, 15) is 0 Å². The van der Waals surface area contributed by atoms with Crippen LogP contribution in [0.1, 0.15) is 44.4 Å². The lowest BCUT2D eigenvalue weighted by molar-refractivity contribution is 0.870. The standard InChI is InChI=1S/C33H42Si2/c1-23-16-17-25(3)32(20-23)35(29-14-12-11-13-15-29,33(7)22-26(4)27(5)28(33)6)31-19-24(2)18-30(21-31)34(8,9)10/h11-22H,1-10H3. The zero-order valence-electron chi connectivity index (χ0n) is 23.4. The van der Waals surface area contributed by atoms with Crippen LogP contribution < -0.4 is 20.7 Å². The quantitative estimate of drug-likeness (QED) is 0.274. The largest absolute Gasteiger partial charge is 0.162 e. The maximum atomic E-state index is 2.62. The zero-order chi connectivity index (χ0) is 25.8. The molecule has 0 radical (unpaired) electrons. The van der Waals surface area contributed by atoms with Gasteiger partial charge in [0.05, 0.1) is 8.07 Å². The molecule has 0 saturated carbocycles. The highest BCUT2D eigenvalue weighted by Gasteiger charge is 2.56. The Morgan fingerprint density at radius 2 is 1.26 bits per heavy atom. The van der Waals surface area contributed by atoms with Gasteiger partial charge in [0, 0.05) is 5.04 Å². The minimum Gasteiger partial charge on any atom is -0.0730 e. The van der Waals surface area contributed by atoms with Gasteiger partial charge >= 0.3 is 0 Å². The third-order valence-corrected chi connectivity index (χ3v) is 16.4. The van der Waals surface area contributed by atoms with Crippen LogP contribution in [0, 0.1) is 20.8 Å².